The summed E-state index contributed by atoms with van der Waals surface area (Å²) in [4.78, 5) is 43.6. The number of pyridine rings is 1. The van der Waals surface area contributed by atoms with E-state index >= 15 is 0 Å². The van der Waals surface area contributed by atoms with E-state index in [9.17, 15) is 14.4 Å². The van der Waals surface area contributed by atoms with E-state index in [4.69, 9.17) is 0 Å². The van der Waals surface area contributed by atoms with Crippen molar-refractivity contribution in [2.24, 2.45) is 0 Å². The highest BCUT2D eigenvalue weighted by atomic mass is 79.9. The number of amides is 1. The van der Waals surface area contributed by atoms with Crippen LogP contribution in [0.3, 0.4) is 0 Å². The van der Waals surface area contributed by atoms with Gasteiger partial charge in [0.05, 0.1) is 0 Å². The maximum absolute atomic E-state index is 13.8. The second-order valence-corrected chi connectivity index (χ2v) is 8.68. The smallest absolute Gasteiger partial charge is 0.254 e. The fourth-order valence-electron chi connectivity index (χ4n) is 3.35. The molecule has 0 saturated heterocycles. The summed E-state index contributed by atoms with van der Waals surface area (Å²) in [6.07, 6.45) is 1.49. The maximum Gasteiger partial charge on any atom is 0.254 e. The molecule has 1 unspecified atom stereocenters. The van der Waals surface area contributed by atoms with E-state index in [1.807, 2.05) is 49.3 Å². The monoisotopic (exact) mass is 495 g/mol. The van der Waals surface area contributed by atoms with Crippen molar-refractivity contribution in [2.75, 3.05) is 27.2 Å². The van der Waals surface area contributed by atoms with Crippen molar-refractivity contribution in [1.29, 1.82) is 0 Å². The van der Waals surface area contributed by atoms with Gasteiger partial charge < -0.3 is 9.80 Å². The molecule has 1 amide bonds. The second-order valence-electron chi connectivity index (χ2n) is 7.77. The molecule has 3 aromatic rings. The van der Waals surface area contributed by atoms with Gasteiger partial charge in [0.25, 0.3) is 11.5 Å². The largest absolute Gasteiger partial charge is 0.335 e. The highest BCUT2D eigenvalue weighted by Crippen LogP contribution is 2.20. The molecule has 0 aliphatic heterocycles. The van der Waals surface area contributed by atoms with Gasteiger partial charge >= 0.3 is 0 Å². The minimum Gasteiger partial charge on any atom is -0.335 e. The van der Waals surface area contributed by atoms with Crippen LogP contribution in [0.1, 0.15) is 22.0 Å². The number of carbonyl (C=O) groups is 2. The Morgan fingerprint density at radius 2 is 1.56 bits per heavy atom. The lowest BCUT2D eigenvalue weighted by Gasteiger charge is -2.29. The van der Waals surface area contributed by atoms with E-state index in [1.165, 1.54) is 16.8 Å². The number of halogens is 1. The summed E-state index contributed by atoms with van der Waals surface area (Å²) in [6, 6.07) is 19.7. The van der Waals surface area contributed by atoms with Crippen molar-refractivity contribution in [3.05, 3.63) is 105 Å². The number of rotatable bonds is 9. The molecule has 0 N–H and O–H groups in total. The van der Waals surface area contributed by atoms with Gasteiger partial charge in [0.15, 0.2) is 11.8 Å². The predicted molar refractivity (Wildman–Crippen MR) is 129 cm³/mol. The summed E-state index contributed by atoms with van der Waals surface area (Å²) in [5, 5.41) is 0. The number of likely N-dealkylation sites (N-methyl/N-ethyl adjacent to an activating group) is 1. The number of benzene rings is 2. The minimum atomic E-state index is -1.28. The Bertz CT molecular complexity index is 1110. The third-order valence-electron chi connectivity index (χ3n) is 5.09. The first kappa shape index (κ1) is 23.6. The predicted octanol–water partition coefficient (Wildman–Crippen LogP) is 3.63. The first-order chi connectivity index (χ1) is 15.4. The fourth-order valence-corrected chi connectivity index (χ4v) is 3.61. The molecule has 0 aliphatic carbocycles. The Labute approximate surface area is 196 Å². The third kappa shape index (κ3) is 6.02. The molecule has 0 saturated carbocycles. The second kappa shape index (κ2) is 11.0. The quantitative estimate of drug-likeness (QED) is 0.336. The molecule has 0 fully saturated rings. The molecule has 32 heavy (non-hydrogen) atoms. The lowest BCUT2D eigenvalue weighted by molar-refractivity contribution is -0.134. The molecule has 0 spiro atoms. The van der Waals surface area contributed by atoms with E-state index in [0.717, 1.165) is 10.0 Å². The van der Waals surface area contributed by atoms with Gasteiger partial charge in [0.1, 0.15) is 0 Å². The van der Waals surface area contributed by atoms with Gasteiger partial charge in [-0.1, -0.05) is 64.5 Å². The van der Waals surface area contributed by atoms with Crippen LogP contribution in [0, 0.1) is 0 Å². The Hall–Kier alpha value is -3.03. The Morgan fingerprint density at radius 1 is 0.906 bits per heavy atom. The zero-order chi connectivity index (χ0) is 23.1. The summed E-state index contributed by atoms with van der Waals surface area (Å²) in [5.41, 5.74) is 0.924. The van der Waals surface area contributed by atoms with Gasteiger partial charge in [0, 0.05) is 41.9 Å². The van der Waals surface area contributed by atoms with Crippen LogP contribution in [0.25, 0.3) is 0 Å². The standard InChI is InChI=1S/C25H26BrN3O3/c1-27(2)16-17-28(18-19-8-4-3-5-9-19)25(32)23(29-15-7-6-10-22(29)30)24(31)20-11-13-21(26)14-12-20/h3-15,23H,16-18H2,1-2H3. The van der Waals surface area contributed by atoms with Gasteiger partial charge in [-0.25, -0.2) is 0 Å². The number of hydrogen-bond donors (Lipinski definition) is 0. The Kier molecular flexibility index (Phi) is 8.14. The molecule has 1 atom stereocenters. The van der Waals surface area contributed by atoms with Gasteiger partial charge in [-0.2, -0.15) is 0 Å². The van der Waals surface area contributed by atoms with Crippen molar-refractivity contribution < 1.29 is 9.59 Å². The molecular weight excluding hydrogens is 470 g/mol. The third-order valence-corrected chi connectivity index (χ3v) is 5.61. The number of ketones is 1. The van der Waals surface area contributed by atoms with Crippen LogP contribution in [0.4, 0.5) is 0 Å². The molecule has 0 aliphatic rings. The van der Waals surface area contributed by atoms with E-state index in [2.05, 4.69) is 15.9 Å². The number of aromatic nitrogens is 1. The lowest BCUT2D eigenvalue weighted by atomic mass is 10.0. The molecule has 6 nitrogen and oxygen atoms in total. The van der Waals surface area contributed by atoms with Crippen molar-refractivity contribution in [1.82, 2.24) is 14.4 Å². The van der Waals surface area contributed by atoms with E-state index in [0.29, 0.717) is 25.2 Å². The average molecular weight is 496 g/mol. The van der Waals surface area contributed by atoms with Gasteiger partial charge in [-0.05, 0) is 37.9 Å². The maximum atomic E-state index is 13.8. The molecule has 1 aromatic heterocycles. The van der Waals surface area contributed by atoms with Crippen LogP contribution >= 0.6 is 15.9 Å². The fraction of sp³-hybridized carbons (Fsp3) is 0.240. The van der Waals surface area contributed by atoms with Gasteiger partial charge in [0.2, 0.25) is 0 Å². The molecule has 2 aromatic carbocycles. The summed E-state index contributed by atoms with van der Waals surface area (Å²) in [6.45, 7) is 1.40. The van der Waals surface area contributed by atoms with Crippen LogP contribution in [-0.2, 0) is 11.3 Å². The Morgan fingerprint density at radius 3 is 2.19 bits per heavy atom. The topological polar surface area (TPSA) is 62.6 Å². The molecule has 3 rings (SSSR count). The number of Topliss-reactive ketones (excluding diaryl/α,β-unsaturated/α-hetero) is 1. The molecule has 166 valence electrons. The molecule has 0 bridgehead atoms. The average Bonchev–Trinajstić information content (AvgIpc) is 2.79. The molecule has 0 radical (unpaired) electrons. The highest BCUT2D eigenvalue weighted by Gasteiger charge is 2.33. The zero-order valence-electron chi connectivity index (χ0n) is 18.1. The van der Waals surface area contributed by atoms with Crippen LogP contribution in [-0.4, -0.2) is 53.2 Å². The molecule has 1 heterocycles. The molecular formula is C25H26BrN3O3. The normalized spacial score (nSPS) is 11.9. The number of nitrogens with zero attached hydrogens (tertiary/aromatic N) is 3. The lowest BCUT2D eigenvalue weighted by Crippen LogP contribution is -2.45. The highest BCUT2D eigenvalue weighted by molar-refractivity contribution is 9.10. The van der Waals surface area contributed by atoms with E-state index in [1.54, 1.807) is 41.3 Å². The van der Waals surface area contributed by atoms with Crippen molar-refractivity contribution in [3.8, 4) is 0 Å². The minimum absolute atomic E-state index is 0.346. The summed E-state index contributed by atoms with van der Waals surface area (Å²) < 4.78 is 2.05. The first-order valence-electron chi connectivity index (χ1n) is 10.3. The van der Waals surface area contributed by atoms with Gasteiger partial charge in [-0.3, -0.25) is 19.0 Å². The first-order valence-corrected chi connectivity index (χ1v) is 11.1. The SMILES string of the molecule is CN(C)CCN(Cc1ccccc1)C(=O)C(C(=O)c1ccc(Br)cc1)n1ccccc1=O. The van der Waals surface area contributed by atoms with Crippen molar-refractivity contribution in [2.45, 2.75) is 12.6 Å². The van der Waals surface area contributed by atoms with E-state index < -0.39 is 23.3 Å². The zero-order valence-corrected chi connectivity index (χ0v) is 19.7. The van der Waals surface area contributed by atoms with Crippen LogP contribution in [0.15, 0.2) is 88.3 Å². The summed E-state index contributed by atoms with van der Waals surface area (Å²) in [5.74, 6) is -0.823. The van der Waals surface area contributed by atoms with Gasteiger partial charge in [-0.15, -0.1) is 0 Å². The molecule has 7 heteroatoms. The number of carbonyl (C=O) groups excluding carboxylic acids is 2. The van der Waals surface area contributed by atoms with Crippen LogP contribution in [0.5, 0.6) is 0 Å². The number of hydrogen-bond acceptors (Lipinski definition) is 4. The summed E-state index contributed by atoms with van der Waals surface area (Å²) >= 11 is 3.37. The Balaban J connectivity index is 2.02. The summed E-state index contributed by atoms with van der Waals surface area (Å²) in [7, 11) is 3.86. The van der Waals surface area contributed by atoms with E-state index in [-0.39, 0.29) is 0 Å². The van der Waals surface area contributed by atoms with Crippen LogP contribution < -0.4 is 5.56 Å². The van der Waals surface area contributed by atoms with Crippen molar-refractivity contribution >= 4 is 27.6 Å². The van der Waals surface area contributed by atoms with Crippen LogP contribution in [0.2, 0.25) is 0 Å². The van der Waals surface area contributed by atoms with Crippen molar-refractivity contribution in [3.63, 3.8) is 0 Å².